The zero-order valence-corrected chi connectivity index (χ0v) is 29.7. The second-order valence-electron chi connectivity index (χ2n) is 12.7. The van der Waals surface area contributed by atoms with Gasteiger partial charge in [0, 0.05) is 31.9 Å². The standard InChI is InChI=1S/C39H41Cl2N3O6/c1-47-33-13-12-29(20-35(33)48-2)34(21-30-31(40)22-42-23-32(30)41)49-38(45)28-10-8-25(9-11-28)14-17-43-37(27-6-4-3-5-7-27)39(46)50-36-24-44-18-15-26(36)16-19-44/h3-13,20,22-23,26,34,36-37,43H,14-19,21,24H2,1-2H3/t34-,36-,37?/m0/s1. The van der Waals surface area contributed by atoms with Crippen LogP contribution in [0.25, 0.3) is 0 Å². The number of pyridine rings is 1. The number of carbonyl (C=O) groups is 2. The van der Waals surface area contributed by atoms with Gasteiger partial charge in [0.25, 0.3) is 0 Å². The molecule has 7 rings (SSSR count). The van der Waals surface area contributed by atoms with E-state index in [-0.39, 0.29) is 18.5 Å². The predicted molar refractivity (Wildman–Crippen MR) is 192 cm³/mol. The molecule has 1 aromatic heterocycles. The van der Waals surface area contributed by atoms with E-state index in [9.17, 15) is 9.59 Å². The normalized spacial score (nSPS) is 19.3. The van der Waals surface area contributed by atoms with Crippen LogP contribution >= 0.6 is 23.2 Å². The summed E-state index contributed by atoms with van der Waals surface area (Å²) in [6, 6.07) is 21.7. The Morgan fingerprint density at radius 1 is 0.900 bits per heavy atom. The Balaban J connectivity index is 1.11. The fourth-order valence-electron chi connectivity index (χ4n) is 6.71. The number of nitrogens with zero attached hydrogens (tertiary/aromatic N) is 2. The lowest BCUT2D eigenvalue weighted by Gasteiger charge is -2.44. The molecule has 3 aliphatic rings. The number of aromatic nitrogens is 1. The Bertz CT molecular complexity index is 1750. The van der Waals surface area contributed by atoms with Gasteiger partial charge in [-0.3, -0.25) is 9.88 Å². The van der Waals surface area contributed by atoms with Gasteiger partial charge >= 0.3 is 11.9 Å². The van der Waals surface area contributed by atoms with Crippen molar-refractivity contribution in [3.63, 3.8) is 0 Å². The van der Waals surface area contributed by atoms with Crippen LogP contribution in [0.3, 0.4) is 0 Å². The molecular weight excluding hydrogens is 677 g/mol. The highest BCUT2D eigenvalue weighted by Gasteiger charge is 2.38. The third kappa shape index (κ3) is 8.58. The predicted octanol–water partition coefficient (Wildman–Crippen LogP) is 7.06. The number of methoxy groups -OCH3 is 2. The Labute approximate surface area is 302 Å². The zero-order chi connectivity index (χ0) is 35.0. The van der Waals surface area contributed by atoms with Crippen LogP contribution in [0.1, 0.15) is 57.6 Å². The molecule has 0 radical (unpaired) electrons. The SMILES string of the molecule is COc1ccc([C@H](Cc2c(Cl)cncc2Cl)OC(=O)c2ccc(CCNC(C(=O)O[C@H]3CN4CCC3CC4)c3ccccc3)cc2)cc1OC. The van der Waals surface area contributed by atoms with Crippen LogP contribution in [0.5, 0.6) is 11.5 Å². The monoisotopic (exact) mass is 717 g/mol. The zero-order valence-electron chi connectivity index (χ0n) is 28.1. The van der Waals surface area contributed by atoms with E-state index in [1.54, 1.807) is 38.5 Å². The molecule has 3 fully saturated rings. The van der Waals surface area contributed by atoms with Crippen molar-refractivity contribution in [1.82, 2.24) is 15.2 Å². The van der Waals surface area contributed by atoms with Crippen molar-refractivity contribution in [1.29, 1.82) is 0 Å². The van der Waals surface area contributed by atoms with Crippen LogP contribution in [0.2, 0.25) is 10.0 Å². The first kappa shape index (κ1) is 35.7. The van der Waals surface area contributed by atoms with Gasteiger partial charge in [-0.05, 0) is 84.8 Å². The van der Waals surface area contributed by atoms with Crippen LogP contribution in [0.4, 0.5) is 0 Å². The van der Waals surface area contributed by atoms with Crippen LogP contribution in [0, 0.1) is 5.92 Å². The van der Waals surface area contributed by atoms with Gasteiger partial charge < -0.3 is 24.3 Å². The highest BCUT2D eigenvalue weighted by Crippen LogP contribution is 2.36. The number of piperidine rings is 3. The Morgan fingerprint density at radius 2 is 1.60 bits per heavy atom. The molecule has 0 amide bonds. The molecule has 2 bridgehead atoms. The molecule has 3 atom stereocenters. The quantitative estimate of drug-likeness (QED) is 0.138. The fourth-order valence-corrected chi connectivity index (χ4v) is 7.23. The Hall–Kier alpha value is -4.15. The average Bonchev–Trinajstić information content (AvgIpc) is 3.15. The number of hydrogen-bond acceptors (Lipinski definition) is 9. The molecule has 262 valence electrons. The van der Waals surface area contributed by atoms with Crippen molar-refractivity contribution in [2.75, 3.05) is 40.4 Å². The summed E-state index contributed by atoms with van der Waals surface area (Å²) in [4.78, 5) is 33.4. The number of nitrogens with one attached hydrogen (secondary N) is 1. The molecule has 50 heavy (non-hydrogen) atoms. The smallest absolute Gasteiger partial charge is 0.338 e. The minimum atomic E-state index is -0.737. The first-order valence-electron chi connectivity index (χ1n) is 16.8. The molecule has 9 nitrogen and oxygen atoms in total. The summed E-state index contributed by atoms with van der Waals surface area (Å²) >= 11 is 12.9. The van der Waals surface area contributed by atoms with Crippen LogP contribution in [-0.4, -0.2) is 68.3 Å². The summed E-state index contributed by atoms with van der Waals surface area (Å²) in [5.74, 6) is 0.734. The van der Waals surface area contributed by atoms with Crippen LogP contribution in [-0.2, 0) is 27.1 Å². The molecule has 4 heterocycles. The largest absolute Gasteiger partial charge is 0.493 e. The van der Waals surface area contributed by atoms with E-state index >= 15 is 0 Å². The minimum absolute atomic E-state index is 0.0599. The highest BCUT2D eigenvalue weighted by atomic mass is 35.5. The second-order valence-corrected chi connectivity index (χ2v) is 13.5. The molecule has 3 saturated heterocycles. The van der Waals surface area contributed by atoms with Gasteiger partial charge in [0.15, 0.2) is 11.5 Å². The lowest BCUT2D eigenvalue weighted by Crippen LogP contribution is -2.52. The molecule has 11 heteroatoms. The van der Waals surface area contributed by atoms with Crippen molar-refractivity contribution in [2.24, 2.45) is 5.92 Å². The molecule has 1 unspecified atom stereocenters. The molecule has 0 aliphatic carbocycles. The number of halogens is 2. The summed E-state index contributed by atoms with van der Waals surface area (Å²) < 4.78 is 23.1. The minimum Gasteiger partial charge on any atom is -0.493 e. The van der Waals surface area contributed by atoms with Gasteiger partial charge in [-0.15, -0.1) is 0 Å². The summed E-state index contributed by atoms with van der Waals surface area (Å²) in [6.07, 6.45) is 5.23. The first-order chi connectivity index (χ1) is 24.3. The lowest BCUT2D eigenvalue weighted by atomic mass is 9.86. The number of benzene rings is 3. The van der Waals surface area contributed by atoms with E-state index in [0.717, 1.165) is 43.6 Å². The lowest BCUT2D eigenvalue weighted by molar-refractivity contribution is -0.161. The second kappa shape index (κ2) is 16.7. The first-order valence-corrected chi connectivity index (χ1v) is 17.6. The van der Waals surface area contributed by atoms with Crippen LogP contribution < -0.4 is 14.8 Å². The third-order valence-electron chi connectivity index (χ3n) is 9.55. The van der Waals surface area contributed by atoms with Crippen LogP contribution in [0.15, 0.2) is 85.2 Å². The maximum absolute atomic E-state index is 13.5. The van der Waals surface area contributed by atoms with Crippen molar-refractivity contribution in [3.8, 4) is 11.5 Å². The highest BCUT2D eigenvalue weighted by molar-refractivity contribution is 6.35. The Morgan fingerprint density at radius 3 is 2.24 bits per heavy atom. The number of esters is 2. The summed E-state index contributed by atoms with van der Waals surface area (Å²) in [7, 11) is 3.10. The van der Waals surface area contributed by atoms with E-state index in [4.69, 9.17) is 42.1 Å². The van der Waals surface area contributed by atoms with Crippen molar-refractivity contribution in [2.45, 2.75) is 43.9 Å². The van der Waals surface area contributed by atoms with Crippen molar-refractivity contribution >= 4 is 35.1 Å². The van der Waals surface area contributed by atoms with E-state index in [1.807, 2.05) is 48.5 Å². The van der Waals surface area contributed by atoms with Gasteiger partial charge in [0.2, 0.25) is 0 Å². The van der Waals surface area contributed by atoms with Crippen molar-refractivity contribution in [3.05, 3.63) is 123 Å². The molecular formula is C39H41Cl2N3O6. The average molecular weight is 719 g/mol. The van der Waals surface area contributed by atoms with Gasteiger partial charge in [0.1, 0.15) is 18.2 Å². The van der Waals surface area contributed by atoms with Gasteiger partial charge in [-0.25, -0.2) is 9.59 Å². The van der Waals surface area contributed by atoms with E-state index in [0.29, 0.717) is 57.1 Å². The third-order valence-corrected chi connectivity index (χ3v) is 10.2. The molecule has 3 aliphatic heterocycles. The Kier molecular flexibility index (Phi) is 11.9. The summed E-state index contributed by atoms with van der Waals surface area (Å²) in [6.45, 7) is 3.52. The number of rotatable bonds is 14. The molecule has 0 saturated carbocycles. The van der Waals surface area contributed by atoms with E-state index < -0.39 is 18.1 Å². The maximum Gasteiger partial charge on any atom is 0.338 e. The maximum atomic E-state index is 13.5. The van der Waals surface area contributed by atoms with E-state index in [2.05, 4.69) is 15.2 Å². The molecule has 4 aromatic rings. The molecule has 0 spiro atoms. The summed E-state index contributed by atoms with van der Waals surface area (Å²) in [5.41, 5.74) is 3.55. The number of ether oxygens (including phenoxy) is 4. The van der Waals surface area contributed by atoms with Gasteiger partial charge in [-0.2, -0.15) is 0 Å². The van der Waals surface area contributed by atoms with Gasteiger partial charge in [-0.1, -0.05) is 71.7 Å². The summed E-state index contributed by atoms with van der Waals surface area (Å²) in [5, 5.41) is 4.17. The number of fused-ring (bicyclic) bond motifs is 3. The number of hydrogen-bond donors (Lipinski definition) is 1. The van der Waals surface area contributed by atoms with Gasteiger partial charge in [0.05, 0.1) is 29.8 Å². The molecule has 3 aromatic carbocycles. The fraction of sp³-hybridized carbons (Fsp3) is 0.359. The van der Waals surface area contributed by atoms with Crippen molar-refractivity contribution < 1.29 is 28.5 Å². The molecule has 1 N–H and O–H groups in total. The number of carbonyl (C=O) groups excluding carboxylic acids is 2. The topological polar surface area (TPSA) is 99.2 Å². The van der Waals surface area contributed by atoms with E-state index in [1.165, 1.54) is 12.4 Å².